The van der Waals surface area contributed by atoms with Crippen molar-refractivity contribution >= 4 is 51.9 Å². The third-order valence-electron chi connectivity index (χ3n) is 3.62. The molecule has 0 radical (unpaired) electrons. The van der Waals surface area contributed by atoms with Gasteiger partial charge in [-0.3, -0.25) is 0 Å². The van der Waals surface area contributed by atoms with Gasteiger partial charge in [-0.1, -0.05) is 40.9 Å². The molecule has 0 N–H and O–H groups in total. The molecular formula is C16H13Cl3N4O2. The highest BCUT2D eigenvalue weighted by Gasteiger charge is 2.24. The molecular weight excluding hydrogens is 387 g/mol. The zero-order chi connectivity index (χ0) is 18.1. The van der Waals surface area contributed by atoms with Crippen molar-refractivity contribution in [1.29, 1.82) is 0 Å². The van der Waals surface area contributed by atoms with Crippen LogP contribution in [-0.2, 0) is 4.74 Å². The first-order valence-electron chi connectivity index (χ1n) is 7.45. The molecule has 0 aliphatic heterocycles. The summed E-state index contributed by atoms with van der Waals surface area (Å²) in [5.41, 5.74) is 1.54. The lowest BCUT2D eigenvalue weighted by Crippen LogP contribution is -2.12. The van der Waals surface area contributed by atoms with Crippen LogP contribution in [0.1, 0.15) is 35.9 Å². The number of esters is 1. The molecule has 6 nitrogen and oxygen atoms in total. The fraction of sp³-hybridized carbons (Fsp3) is 0.250. The minimum atomic E-state index is -0.572. The Balaban J connectivity index is 2.17. The van der Waals surface area contributed by atoms with Crippen LogP contribution in [0.15, 0.2) is 24.4 Å². The number of halogens is 3. The minimum Gasteiger partial charge on any atom is -0.461 e. The van der Waals surface area contributed by atoms with Crippen LogP contribution in [0.2, 0.25) is 15.2 Å². The van der Waals surface area contributed by atoms with Gasteiger partial charge in [-0.05, 0) is 31.5 Å². The Morgan fingerprint density at radius 3 is 2.76 bits per heavy atom. The van der Waals surface area contributed by atoms with Crippen LogP contribution >= 0.6 is 34.8 Å². The van der Waals surface area contributed by atoms with Crippen LogP contribution in [0.5, 0.6) is 0 Å². The highest BCUT2D eigenvalue weighted by atomic mass is 35.5. The van der Waals surface area contributed by atoms with Gasteiger partial charge in [0.2, 0.25) is 0 Å². The molecule has 9 heteroatoms. The Morgan fingerprint density at radius 1 is 1.32 bits per heavy atom. The maximum Gasteiger partial charge on any atom is 0.361 e. The lowest BCUT2D eigenvalue weighted by molar-refractivity contribution is 0.0520. The van der Waals surface area contributed by atoms with Gasteiger partial charge >= 0.3 is 5.97 Å². The lowest BCUT2D eigenvalue weighted by atomic mass is 10.1. The Kier molecular flexibility index (Phi) is 5.13. The van der Waals surface area contributed by atoms with Gasteiger partial charge in [0.1, 0.15) is 10.7 Å². The molecule has 2 aromatic heterocycles. The van der Waals surface area contributed by atoms with E-state index in [1.807, 2.05) is 6.92 Å². The second-order valence-electron chi connectivity index (χ2n) is 5.22. The van der Waals surface area contributed by atoms with Gasteiger partial charge in [0.05, 0.1) is 18.8 Å². The molecule has 0 aliphatic carbocycles. The summed E-state index contributed by atoms with van der Waals surface area (Å²) in [6, 6.07) is 4.84. The van der Waals surface area contributed by atoms with Crippen LogP contribution in [0.4, 0.5) is 0 Å². The molecule has 1 atom stereocenters. The van der Waals surface area contributed by atoms with E-state index in [9.17, 15) is 4.79 Å². The number of benzene rings is 1. The summed E-state index contributed by atoms with van der Waals surface area (Å²) < 4.78 is 6.60. The fourth-order valence-electron chi connectivity index (χ4n) is 2.47. The van der Waals surface area contributed by atoms with Crippen molar-refractivity contribution < 1.29 is 9.53 Å². The highest BCUT2D eigenvalue weighted by molar-refractivity contribution is 6.35. The largest absolute Gasteiger partial charge is 0.461 e. The average Bonchev–Trinajstić information content (AvgIpc) is 2.93. The molecule has 130 valence electrons. The van der Waals surface area contributed by atoms with Crippen LogP contribution < -0.4 is 0 Å². The Labute approximate surface area is 158 Å². The zero-order valence-corrected chi connectivity index (χ0v) is 15.6. The van der Waals surface area contributed by atoms with Crippen molar-refractivity contribution in [3.8, 4) is 0 Å². The van der Waals surface area contributed by atoms with Crippen molar-refractivity contribution in [3.05, 3.63) is 50.9 Å². The van der Waals surface area contributed by atoms with Gasteiger partial charge in [0, 0.05) is 10.0 Å². The number of fused-ring (bicyclic) bond motifs is 1. The van der Waals surface area contributed by atoms with Crippen molar-refractivity contribution in [2.45, 2.75) is 19.9 Å². The molecule has 2 heterocycles. The molecule has 0 saturated carbocycles. The van der Waals surface area contributed by atoms with E-state index in [1.165, 1.54) is 6.20 Å². The second-order valence-corrected chi connectivity index (χ2v) is 6.45. The van der Waals surface area contributed by atoms with E-state index in [0.29, 0.717) is 21.2 Å². The lowest BCUT2D eigenvalue weighted by Gasteiger charge is -2.15. The minimum absolute atomic E-state index is 0.0814. The summed E-state index contributed by atoms with van der Waals surface area (Å²) >= 11 is 18.2. The molecule has 25 heavy (non-hydrogen) atoms. The molecule has 0 bridgehead atoms. The van der Waals surface area contributed by atoms with Crippen molar-refractivity contribution in [2.24, 2.45) is 0 Å². The molecule has 1 aromatic carbocycles. The Bertz CT molecular complexity index is 958. The van der Waals surface area contributed by atoms with E-state index in [-0.39, 0.29) is 23.5 Å². The summed E-state index contributed by atoms with van der Waals surface area (Å²) in [7, 11) is 0. The number of ether oxygens (including phenoxy) is 1. The summed E-state index contributed by atoms with van der Waals surface area (Å²) in [6.07, 6.45) is 1.36. The third-order valence-corrected chi connectivity index (χ3v) is 4.37. The van der Waals surface area contributed by atoms with Gasteiger partial charge in [-0.15, -0.1) is 0 Å². The Hall–Kier alpha value is -1.89. The monoisotopic (exact) mass is 398 g/mol. The van der Waals surface area contributed by atoms with Gasteiger partial charge < -0.3 is 4.74 Å². The molecule has 0 spiro atoms. The van der Waals surface area contributed by atoms with Gasteiger partial charge in [0.15, 0.2) is 11.3 Å². The van der Waals surface area contributed by atoms with Gasteiger partial charge in [-0.25, -0.2) is 19.4 Å². The maximum atomic E-state index is 12.2. The topological polar surface area (TPSA) is 69.9 Å². The normalized spacial score (nSPS) is 12.4. The molecule has 3 rings (SSSR count). The Morgan fingerprint density at radius 2 is 2.08 bits per heavy atom. The standard InChI is InChI=1S/C16H13Cl3N4O2/c1-3-25-16(24)14-13-15(21-12(19)7-20-13)23(22-14)8(2)10-5-4-9(17)6-11(10)18/h4-8H,3H2,1-2H3/t8-/m1/s1. The number of rotatable bonds is 4. The number of hydrogen-bond acceptors (Lipinski definition) is 5. The number of nitrogens with zero attached hydrogens (tertiary/aromatic N) is 4. The molecule has 0 unspecified atom stereocenters. The van der Waals surface area contributed by atoms with E-state index >= 15 is 0 Å². The number of aromatic nitrogens is 4. The predicted molar refractivity (Wildman–Crippen MR) is 96.6 cm³/mol. The van der Waals surface area contributed by atoms with Crippen molar-refractivity contribution in [1.82, 2.24) is 19.7 Å². The highest BCUT2D eigenvalue weighted by Crippen LogP contribution is 2.30. The van der Waals surface area contributed by atoms with E-state index in [4.69, 9.17) is 39.5 Å². The number of hydrogen-bond donors (Lipinski definition) is 0. The summed E-state index contributed by atoms with van der Waals surface area (Å²) in [4.78, 5) is 20.6. The number of carbonyl (C=O) groups is 1. The smallest absolute Gasteiger partial charge is 0.361 e. The second kappa shape index (κ2) is 7.15. The van der Waals surface area contributed by atoms with Crippen molar-refractivity contribution in [3.63, 3.8) is 0 Å². The first kappa shape index (κ1) is 17.9. The van der Waals surface area contributed by atoms with Gasteiger partial charge in [-0.2, -0.15) is 5.10 Å². The van der Waals surface area contributed by atoms with Crippen LogP contribution in [0, 0.1) is 0 Å². The summed E-state index contributed by atoms with van der Waals surface area (Å²) in [5, 5.41) is 5.56. The zero-order valence-electron chi connectivity index (χ0n) is 13.3. The van der Waals surface area contributed by atoms with Crippen molar-refractivity contribution in [2.75, 3.05) is 6.61 Å². The molecule has 0 amide bonds. The maximum absolute atomic E-state index is 12.2. The van der Waals surface area contributed by atoms with E-state index in [0.717, 1.165) is 5.56 Å². The van der Waals surface area contributed by atoms with Crippen LogP contribution in [0.25, 0.3) is 11.2 Å². The summed E-state index contributed by atoms with van der Waals surface area (Å²) in [6.45, 7) is 3.82. The molecule has 0 aliphatic rings. The number of carbonyl (C=O) groups excluding carboxylic acids is 1. The van der Waals surface area contributed by atoms with E-state index < -0.39 is 5.97 Å². The van der Waals surface area contributed by atoms with Crippen LogP contribution in [0.3, 0.4) is 0 Å². The molecule has 0 saturated heterocycles. The molecule has 3 aromatic rings. The van der Waals surface area contributed by atoms with Crippen LogP contribution in [-0.4, -0.2) is 32.3 Å². The fourth-order valence-corrected chi connectivity index (χ4v) is 3.16. The average molecular weight is 400 g/mol. The predicted octanol–water partition coefficient (Wildman–Crippen LogP) is 4.57. The summed E-state index contributed by atoms with van der Waals surface area (Å²) in [5.74, 6) is -0.572. The van der Waals surface area contributed by atoms with Gasteiger partial charge in [0.25, 0.3) is 0 Å². The van der Waals surface area contributed by atoms with E-state index in [1.54, 1.807) is 29.8 Å². The molecule has 0 fully saturated rings. The SMILES string of the molecule is CCOC(=O)c1nn([C@H](C)c2ccc(Cl)cc2Cl)c2nc(Cl)cnc12. The third kappa shape index (κ3) is 3.42. The van der Waals surface area contributed by atoms with E-state index in [2.05, 4.69) is 15.1 Å². The quantitative estimate of drug-likeness (QED) is 0.601. The first-order valence-corrected chi connectivity index (χ1v) is 8.58. The first-order chi connectivity index (χ1) is 11.9.